The van der Waals surface area contributed by atoms with Gasteiger partial charge in [-0.1, -0.05) is 24.3 Å². The van der Waals surface area contributed by atoms with Gasteiger partial charge in [0.15, 0.2) is 0 Å². The molecule has 0 unspecified atom stereocenters. The van der Waals surface area contributed by atoms with E-state index in [9.17, 15) is 9.90 Å². The summed E-state index contributed by atoms with van der Waals surface area (Å²) in [6.07, 6.45) is 1.16. The Balaban J connectivity index is 1.58. The summed E-state index contributed by atoms with van der Waals surface area (Å²) in [6, 6.07) is 11.5. The van der Waals surface area contributed by atoms with Crippen LogP contribution in [0, 0.1) is 0 Å². The zero-order chi connectivity index (χ0) is 16.2. The van der Waals surface area contributed by atoms with Crippen molar-refractivity contribution in [2.24, 2.45) is 7.05 Å². The van der Waals surface area contributed by atoms with Crippen LogP contribution in [0.25, 0.3) is 10.9 Å². The summed E-state index contributed by atoms with van der Waals surface area (Å²) in [7, 11) is 1.94. The number of thiophene rings is 1. The molecule has 2 amide bonds. The molecule has 3 rings (SSSR count). The van der Waals surface area contributed by atoms with Crippen LogP contribution >= 0.6 is 11.3 Å². The van der Waals surface area contributed by atoms with E-state index in [4.69, 9.17) is 0 Å². The van der Waals surface area contributed by atoms with E-state index in [0.717, 1.165) is 21.3 Å². The minimum atomic E-state index is -0.742. The van der Waals surface area contributed by atoms with Crippen LogP contribution in [0.5, 0.6) is 0 Å². The Labute approximate surface area is 138 Å². The van der Waals surface area contributed by atoms with E-state index >= 15 is 0 Å². The van der Waals surface area contributed by atoms with E-state index in [1.165, 1.54) is 0 Å². The molecule has 1 aromatic carbocycles. The van der Waals surface area contributed by atoms with E-state index in [-0.39, 0.29) is 12.6 Å². The number of aliphatic hydroxyl groups excluding tert-OH is 1. The highest BCUT2D eigenvalue weighted by Crippen LogP contribution is 2.25. The van der Waals surface area contributed by atoms with Crippen molar-refractivity contribution in [3.05, 3.63) is 58.4 Å². The quantitative estimate of drug-likeness (QED) is 0.674. The number of aromatic nitrogens is 1. The highest BCUT2D eigenvalue weighted by atomic mass is 32.1. The van der Waals surface area contributed by atoms with Gasteiger partial charge in [0.2, 0.25) is 0 Å². The van der Waals surface area contributed by atoms with Crippen LogP contribution in [0.4, 0.5) is 4.79 Å². The summed E-state index contributed by atoms with van der Waals surface area (Å²) >= 11 is 1.60. The van der Waals surface area contributed by atoms with Crippen molar-refractivity contribution in [2.75, 3.05) is 6.54 Å². The van der Waals surface area contributed by atoms with Crippen molar-refractivity contribution >= 4 is 28.3 Å². The van der Waals surface area contributed by atoms with Gasteiger partial charge in [0, 0.05) is 41.1 Å². The second kappa shape index (κ2) is 6.85. The molecule has 3 aromatic rings. The number of urea groups is 1. The fourth-order valence-corrected chi connectivity index (χ4v) is 3.23. The first-order chi connectivity index (χ1) is 11.1. The number of fused-ring (bicyclic) bond motifs is 1. The molecule has 23 heavy (non-hydrogen) atoms. The van der Waals surface area contributed by atoms with Gasteiger partial charge in [-0.05, 0) is 17.5 Å². The molecule has 120 valence electrons. The summed E-state index contributed by atoms with van der Waals surface area (Å²) < 4.78 is 1.98. The van der Waals surface area contributed by atoms with E-state index in [0.29, 0.717) is 6.54 Å². The van der Waals surface area contributed by atoms with Crippen LogP contribution in [-0.2, 0) is 13.6 Å². The maximum absolute atomic E-state index is 11.8. The highest BCUT2D eigenvalue weighted by molar-refractivity contribution is 7.09. The minimum absolute atomic E-state index is 0.171. The summed E-state index contributed by atoms with van der Waals surface area (Å²) in [5.41, 5.74) is 1.88. The minimum Gasteiger partial charge on any atom is -0.386 e. The predicted octanol–water partition coefficient (Wildman–Crippen LogP) is 2.77. The molecule has 3 N–H and O–H groups in total. The Bertz CT molecular complexity index is 795. The molecule has 0 aliphatic carbocycles. The molecule has 5 nitrogen and oxygen atoms in total. The largest absolute Gasteiger partial charge is 0.386 e. The Morgan fingerprint density at radius 2 is 2.09 bits per heavy atom. The van der Waals surface area contributed by atoms with Gasteiger partial charge in [0.25, 0.3) is 0 Å². The zero-order valence-electron chi connectivity index (χ0n) is 12.8. The van der Waals surface area contributed by atoms with Gasteiger partial charge in [0.05, 0.1) is 12.6 Å². The summed E-state index contributed by atoms with van der Waals surface area (Å²) in [5, 5.41) is 18.8. The molecule has 0 saturated heterocycles. The number of nitrogens with one attached hydrogen (secondary N) is 2. The van der Waals surface area contributed by atoms with E-state index in [1.54, 1.807) is 11.3 Å². The smallest absolute Gasteiger partial charge is 0.315 e. The molecule has 1 atom stereocenters. The molecule has 0 saturated carbocycles. The summed E-state index contributed by atoms with van der Waals surface area (Å²) in [5.74, 6) is 0. The van der Waals surface area contributed by atoms with Crippen LogP contribution in [-0.4, -0.2) is 22.2 Å². The Morgan fingerprint density at radius 1 is 1.26 bits per heavy atom. The lowest BCUT2D eigenvalue weighted by Gasteiger charge is -2.12. The number of nitrogens with zero attached hydrogens (tertiary/aromatic N) is 1. The van der Waals surface area contributed by atoms with Crippen LogP contribution in [0.3, 0.4) is 0 Å². The molecular weight excluding hydrogens is 310 g/mol. The predicted molar refractivity (Wildman–Crippen MR) is 92.4 cm³/mol. The average molecular weight is 329 g/mol. The van der Waals surface area contributed by atoms with Crippen LogP contribution in [0.15, 0.2) is 48.0 Å². The second-order valence-corrected chi connectivity index (χ2v) is 6.40. The Morgan fingerprint density at radius 3 is 2.87 bits per heavy atom. The van der Waals surface area contributed by atoms with Crippen LogP contribution < -0.4 is 10.6 Å². The number of benzene rings is 1. The van der Waals surface area contributed by atoms with Crippen molar-refractivity contribution in [3.63, 3.8) is 0 Å². The van der Waals surface area contributed by atoms with Gasteiger partial charge in [-0.25, -0.2) is 4.79 Å². The third-order valence-corrected chi connectivity index (χ3v) is 4.62. The van der Waals surface area contributed by atoms with Crippen LogP contribution in [0.2, 0.25) is 0 Å². The number of para-hydroxylation sites is 1. The van der Waals surface area contributed by atoms with Gasteiger partial charge in [-0.2, -0.15) is 0 Å². The Kier molecular flexibility index (Phi) is 4.64. The zero-order valence-corrected chi connectivity index (χ0v) is 13.6. The number of rotatable bonds is 5. The molecule has 0 aliphatic heterocycles. The molecule has 2 aromatic heterocycles. The van der Waals surface area contributed by atoms with Gasteiger partial charge in [-0.15, -0.1) is 11.3 Å². The lowest BCUT2D eigenvalue weighted by atomic mass is 10.1. The lowest BCUT2D eigenvalue weighted by molar-refractivity contribution is 0.174. The first-order valence-electron chi connectivity index (χ1n) is 7.41. The first-order valence-corrected chi connectivity index (χ1v) is 8.29. The van der Waals surface area contributed by atoms with E-state index in [2.05, 4.69) is 10.6 Å². The number of hydrogen-bond acceptors (Lipinski definition) is 3. The van der Waals surface area contributed by atoms with Crippen molar-refractivity contribution in [1.82, 2.24) is 15.2 Å². The van der Waals surface area contributed by atoms with Crippen LogP contribution in [0.1, 0.15) is 16.5 Å². The maximum Gasteiger partial charge on any atom is 0.315 e. The van der Waals surface area contributed by atoms with Gasteiger partial charge >= 0.3 is 6.03 Å². The molecule has 0 spiro atoms. The first kappa shape index (κ1) is 15.6. The topological polar surface area (TPSA) is 66.3 Å². The molecule has 6 heteroatoms. The third-order valence-electron chi connectivity index (χ3n) is 3.75. The summed E-state index contributed by atoms with van der Waals surface area (Å²) in [4.78, 5) is 12.9. The van der Waals surface area contributed by atoms with Gasteiger partial charge in [0.1, 0.15) is 0 Å². The fourth-order valence-electron chi connectivity index (χ4n) is 2.58. The number of aryl methyl sites for hydroxylation is 1. The van der Waals surface area contributed by atoms with E-state index < -0.39 is 6.10 Å². The molecule has 0 aliphatic rings. The highest BCUT2D eigenvalue weighted by Gasteiger charge is 2.15. The fraction of sp³-hybridized carbons (Fsp3) is 0.235. The maximum atomic E-state index is 11.8. The molecular formula is C17H19N3O2S. The normalized spacial score (nSPS) is 12.3. The standard InChI is InChI=1S/C17H19N3O2S/c1-20-11-14(13-6-2-3-7-15(13)20)16(21)10-19-17(22)18-9-12-5-4-8-23-12/h2-8,11,16,21H,9-10H2,1H3,(H2,18,19,22)/t16-/m1/s1. The van der Waals surface area contributed by atoms with Crippen molar-refractivity contribution < 1.29 is 9.90 Å². The van der Waals surface area contributed by atoms with Gasteiger partial charge < -0.3 is 20.3 Å². The van der Waals surface area contributed by atoms with Gasteiger partial charge in [-0.3, -0.25) is 0 Å². The van der Waals surface area contributed by atoms with Crippen molar-refractivity contribution in [2.45, 2.75) is 12.6 Å². The lowest BCUT2D eigenvalue weighted by Crippen LogP contribution is -2.37. The third kappa shape index (κ3) is 3.55. The molecule has 0 radical (unpaired) electrons. The van der Waals surface area contributed by atoms with E-state index in [1.807, 2.05) is 59.6 Å². The number of amides is 2. The number of carbonyl (C=O) groups excluding carboxylic acids is 1. The SMILES string of the molecule is Cn1cc([C@H](O)CNC(=O)NCc2cccs2)c2ccccc21. The summed E-state index contributed by atoms with van der Waals surface area (Å²) in [6.45, 7) is 0.665. The number of carbonyl (C=O) groups is 1. The monoisotopic (exact) mass is 329 g/mol. The molecule has 0 bridgehead atoms. The second-order valence-electron chi connectivity index (χ2n) is 5.37. The molecule has 0 fully saturated rings. The number of aliphatic hydroxyl groups is 1. The average Bonchev–Trinajstić information content (AvgIpc) is 3.19. The van der Waals surface area contributed by atoms with Crippen molar-refractivity contribution in [1.29, 1.82) is 0 Å². The Hall–Kier alpha value is -2.31. The molecule has 2 heterocycles. The number of hydrogen-bond donors (Lipinski definition) is 3. The van der Waals surface area contributed by atoms with Crippen molar-refractivity contribution in [3.8, 4) is 0 Å².